The largest absolute Gasteiger partial charge is 0.497 e. The SMILES string of the molecule is COc1ccc(-n2c(SCC(=O)NCCC(C)C)nc3c(-c4ccccc4)c[nH]c3c2=O)cc1. The molecule has 0 radical (unpaired) electrons. The number of aromatic amines is 1. The number of thioether (sulfide) groups is 1. The standard InChI is InChI=1S/C26H28N4O3S/c1-17(2)13-14-27-22(31)16-34-26-29-23-21(18-7-5-4-6-8-18)15-28-24(23)25(32)30(26)19-9-11-20(33-3)12-10-19/h4-12,15,17,28H,13-14,16H2,1-3H3,(H,27,31). The minimum absolute atomic E-state index is 0.0846. The molecule has 0 saturated carbocycles. The number of ether oxygens (including phenoxy) is 1. The molecular weight excluding hydrogens is 448 g/mol. The summed E-state index contributed by atoms with van der Waals surface area (Å²) in [5, 5.41) is 3.40. The second kappa shape index (κ2) is 10.6. The van der Waals surface area contributed by atoms with Gasteiger partial charge in [-0.15, -0.1) is 0 Å². The van der Waals surface area contributed by atoms with Crippen molar-refractivity contribution in [3.63, 3.8) is 0 Å². The van der Waals surface area contributed by atoms with E-state index in [4.69, 9.17) is 9.72 Å². The fraction of sp³-hybridized carbons (Fsp3) is 0.269. The summed E-state index contributed by atoms with van der Waals surface area (Å²) in [7, 11) is 1.60. The maximum Gasteiger partial charge on any atom is 0.283 e. The topological polar surface area (TPSA) is 89.0 Å². The molecule has 176 valence electrons. The van der Waals surface area contributed by atoms with E-state index in [0.29, 0.717) is 40.1 Å². The van der Waals surface area contributed by atoms with Crippen LogP contribution in [0.1, 0.15) is 20.3 Å². The summed E-state index contributed by atoms with van der Waals surface area (Å²) in [5.41, 5.74) is 3.24. The van der Waals surface area contributed by atoms with Crippen LogP contribution in [0, 0.1) is 5.92 Å². The fourth-order valence-electron chi connectivity index (χ4n) is 3.61. The Balaban J connectivity index is 1.74. The van der Waals surface area contributed by atoms with Crippen molar-refractivity contribution in [2.75, 3.05) is 19.4 Å². The molecule has 0 aliphatic carbocycles. The maximum atomic E-state index is 13.6. The van der Waals surface area contributed by atoms with Gasteiger partial charge in [-0.05, 0) is 42.2 Å². The molecule has 0 fully saturated rings. The predicted molar refractivity (Wildman–Crippen MR) is 137 cm³/mol. The van der Waals surface area contributed by atoms with Crippen molar-refractivity contribution in [1.29, 1.82) is 0 Å². The van der Waals surface area contributed by atoms with Crippen molar-refractivity contribution < 1.29 is 9.53 Å². The summed E-state index contributed by atoms with van der Waals surface area (Å²) in [6, 6.07) is 17.0. The van der Waals surface area contributed by atoms with Crippen LogP contribution in [0.25, 0.3) is 27.8 Å². The summed E-state index contributed by atoms with van der Waals surface area (Å²) < 4.78 is 6.79. The van der Waals surface area contributed by atoms with E-state index in [2.05, 4.69) is 24.1 Å². The van der Waals surface area contributed by atoms with E-state index < -0.39 is 0 Å². The minimum Gasteiger partial charge on any atom is -0.497 e. The second-order valence-electron chi connectivity index (χ2n) is 8.35. The fourth-order valence-corrected chi connectivity index (χ4v) is 4.45. The Morgan fingerprint density at radius 3 is 2.56 bits per heavy atom. The quantitative estimate of drug-likeness (QED) is 0.271. The van der Waals surface area contributed by atoms with Crippen LogP contribution in [0.15, 0.2) is 70.7 Å². The van der Waals surface area contributed by atoms with Crippen molar-refractivity contribution in [2.24, 2.45) is 5.92 Å². The summed E-state index contributed by atoms with van der Waals surface area (Å²) in [4.78, 5) is 34.0. The lowest BCUT2D eigenvalue weighted by molar-refractivity contribution is -0.118. The summed E-state index contributed by atoms with van der Waals surface area (Å²) >= 11 is 1.25. The van der Waals surface area contributed by atoms with Gasteiger partial charge in [0.15, 0.2) is 5.16 Å². The number of fused-ring (bicyclic) bond motifs is 1. The van der Waals surface area contributed by atoms with E-state index >= 15 is 0 Å². The highest BCUT2D eigenvalue weighted by atomic mass is 32.2. The zero-order chi connectivity index (χ0) is 24.1. The molecule has 7 nitrogen and oxygen atoms in total. The number of amides is 1. The van der Waals surface area contributed by atoms with Crippen LogP contribution >= 0.6 is 11.8 Å². The van der Waals surface area contributed by atoms with E-state index in [0.717, 1.165) is 17.5 Å². The molecule has 8 heteroatoms. The average molecular weight is 477 g/mol. The van der Waals surface area contributed by atoms with E-state index in [9.17, 15) is 9.59 Å². The second-order valence-corrected chi connectivity index (χ2v) is 9.29. The zero-order valence-electron chi connectivity index (χ0n) is 19.5. The van der Waals surface area contributed by atoms with Gasteiger partial charge in [0.2, 0.25) is 5.91 Å². The van der Waals surface area contributed by atoms with Crippen LogP contribution in [0.5, 0.6) is 5.75 Å². The van der Waals surface area contributed by atoms with Crippen LogP contribution in [-0.2, 0) is 4.79 Å². The Hall–Kier alpha value is -3.52. The van der Waals surface area contributed by atoms with Gasteiger partial charge in [0.25, 0.3) is 5.56 Å². The Bertz CT molecular complexity index is 1330. The summed E-state index contributed by atoms with van der Waals surface area (Å²) in [5.74, 6) is 1.29. The van der Waals surface area contributed by atoms with Crippen molar-refractivity contribution in [3.05, 3.63) is 71.1 Å². The minimum atomic E-state index is -0.222. The van der Waals surface area contributed by atoms with Gasteiger partial charge < -0.3 is 15.0 Å². The van der Waals surface area contributed by atoms with Crippen molar-refractivity contribution in [2.45, 2.75) is 25.4 Å². The third-order valence-electron chi connectivity index (χ3n) is 5.46. The van der Waals surface area contributed by atoms with Crippen molar-refractivity contribution in [3.8, 4) is 22.6 Å². The monoisotopic (exact) mass is 476 g/mol. The number of carbonyl (C=O) groups is 1. The molecule has 4 rings (SSSR count). The van der Waals surface area contributed by atoms with Gasteiger partial charge in [-0.3, -0.25) is 14.2 Å². The molecule has 2 aromatic heterocycles. The highest BCUT2D eigenvalue weighted by Gasteiger charge is 2.19. The molecule has 0 aliphatic rings. The molecule has 4 aromatic rings. The van der Waals surface area contributed by atoms with Gasteiger partial charge in [0.1, 0.15) is 16.8 Å². The van der Waals surface area contributed by atoms with E-state index in [1.165, 1.54) is 11.8 Å². The highest BCUT2D eigenvalue weighted by molar-refractivity contribution is 7.99. The molecule has 0 aliphatic heterocycles. The first-order valence-corrected chi connectivity index (χ1v) is 12.2. The molecule has 0 spiro atoms. The lowest BCUT2D eigenvalue weighted by Gasteiger charge is -2.13. The first-order valence-electron chi connectivity index (χ1n) is 11.2. The molecule has 0 saturated heterocycles. The third kappa shape index (κ3) is 5.17. The van der Waals surface area contributed by atoms with Gasteiger partial charge in [-0.1, -0.05) is 55.9 Å². The van der Waals surface area contributed by atoms with Crippen LogP contribution in [0.2, 0.25) is 0 Å². The Labute approximate surface area is 202 Å². The molecule has 2 N–H and O–H groups in total. The lowest BCUT2D eigenvalue weighted by atomic mass is 10.1. The smallest absolute Gasteiger partial charge is 0.283 e. The molecule has 1 amide bonds. The normalized spacial score (nSPS) is 11.2. The maximum absolute atomic E-state index is 13.6. The number of rotatable bonds is 9. The number of benzene rings is 2. The summed E-state index contributed by atoms with van der Waals surface area (Å²) in [6.07, 6.45) is 2.72. The zero-order valence-corrected chi connectivity index (χ0v) is 20.3. The molecular formula is C26H28N4O3S. The molecule has 0 atom stereocenters. The van der Waals surface area contributed by atoms with Gasteiger partial charge in [0, 0.05) is 18.3 Å². The molecule has 2 aromatic carbocycles. The predicted octanol–water partition coefficient (Wildman–Crippen LogP) is 4.64. The van der Waals surface area contributed by atoms with Crippen LogP contribution in [-0.4, -0.2) is 39.8 Å². The third-order valence-corrected chi connectivity index (χ3v) is 6.40. The molecule has 34 heavy (non-hydrogen) atoms. The number of nitrogens with one attached hydrogen (secondary N) is 2. The summed E-state index contributed by atoms with van der Waals surface area (Å²) in [6.45, 7) is 4.87. The highest BCUT2D eigenvalue weighted by Crippen LogP contribution is 2.29. The average Bonchev–Trinajstić information content (AvgIpc) is 3.27. The van der Waals surface area contributed by atoms with Crippen LogP contribution in [0.3, 0.4) is 0 Å². The molecule has 0 bridgehead atoms. The van der Waals surface area contributed by atoms with Gasteiger partial charge >= 0.3 is 0 Å². The lowest BCUT2D eigenvalue weighted by Crippen LogP contribution is -2.28. The number of carbonyl (C=O) groups excluding carboxylic acids is 1. The molecule has 0 unspecified atom stereocenters. The van der Waals surface area contributed by atoms with Gasteiger partial charge in [-0.2, -0.15) is 0 Å². The number of methoxy groups -OCH3 is 1. The Morgan fingerprint density at radius 2 is 1.88 bits per heavy atom. The van der Waals surface area contributed by atoms with Crippen molar-refractivity contribution in [1.82, 2.24) is 19.9 Å². The number of hydrogen-bond acceptors (Lipinski definition) is 5. The van der Waals surface area contributed by atoms with Crippen LogP contribution < -0.4 is 15.6 Å². The number of hydrogen-bond donors (Lipinski definition) is 2. The van der Waals surface area contributed by atoms with Crippen molar-refractivity contribution >= 4 is 28.7 Å². The van der Waals surface area contributed by atoms with E-state index in [1.807, 2.05) is 42.5 Å². The number of H-pyrrole nitrogens is 1. The Kier molecular flexibility index (Phi) is 7.37. The van der Waals surface area contributed by atoms with E-state index in [-0.39, 0.29) is 17.2 Å². The first-order chi connectivity index (χ1) is 16.5. The Morgan fingerprint density at radius 1 is 1.15 bits per heavy atom. The van der Waals surface area contributed by atoms with Gasteiger partial charge in [-0.25, -0.2) is 4.98 Å². The number of nitrogens with zero attached hydrogens (tertiary/aromatic N) is 2. The molecule has 2 heterocycles. The van der Waals surface area contributed by atoms with Crippen LogP contribution in [0.4, 0.5) is 0 Å². The van der Waals surface area contributed by atoms with E-state index in [1.54, 1.807) is 30.0 Å². The first kappa shape index (κ1) is 23.6. The van der Waals surface area contributed by atoms with Gasteiger partial charge in [0.05, 0.1) is 18.6 Å². The number of aromatic nitrogens is 3.